The van der Waals surface area contributed by atoms with E-state index in [9.17, 15) is 4.79 Å². The number of fused-ring (bicyclic) bond motifs is 1. The summed E-state index contributed by atoms with van der Waals surface area (Å²) in [7, 11) is 1.89. The van der Waals surface area contributed by atoms with Crippen LogP contribution in [0.4, 0.5) is 11.5 Å². The summed E-state index contributed by atoms with van der Waals surface area (Å²) in [5.41, 5.74) is 2.52. The molecule has 1 atom stereocenters. The summed E-state index contributed by atoms with van der Waals surface area (Å²) in [6.07, 6.45) is 0.820. The van der Waals surface area contributed by atoms with Gasteiger partial charge in [0.25, 0.3) is 0 Å². The van der Waals surface area contributed by atoms with Crippen LogP contribution in [-0.4, -0.2) is 34.2 Å². The van der Waals surface area contributed by atoms with E-state index in [1.54, 1.807) is 18.3 Å². The summed E-state index contributed by atoms with van der Waals surface area (Å²) < 4.78 is 6.29. The molecule has 1 unspecified atom stereocenters. The molecule has 0 bridgehead atoms. The van der Waals surface area contributed by atoms with E-state index >= 15 is 0 Å². The van der Waals surface area contributed by atoms with Crippen molar-refractivity contribution in [3.8, 4) is 5.75 Å². The normalized spacial score (nSPS) is 12.0. The highest BCUT2D eigenvalue weighted by Gasteiger charge is 2.13. The summed E-state index contributed by atoms with van der Waals surface area (Å²) in [6, 6.07) is 12.9. The van der Waals surface area contributed by atoms with E-state index in [1.807, 2.05) is 42.3 Å². The van der Waals surface area contributed by atoms with Crippen LogP contribution >= 0.6 is 15.9 Å². The first-order valence-electron chi connectivity index (χ1n) is 7.59. The van der Waals surface area contributed by atoms with Crippen molar-refractivity contribution in [1.29, 1.82) is 0 Å². The Morgan fingerprint density at radius 3 is 2.60 bits per heavy atom. The average Bonchev–Trinajstić information content (AvgIpc) is 2.61. The predicted molar refractivity (Wildman–Crippen MR) is 99.5 cm³/mol. The third-order valence-corrected chi connectivity index (χ3v) is 4.21. The summed E-state index contributed by atoms with van der Waals surface area (Å²) in [5, 5.41) is 8.89. The highest BCUT2D eigenvalue weighted by Crippen LogP contribution is 2.26. The number of benzene rings is 2. The summed E-state index contributed by atoms with van der Waals surface area (Å²) in [5.74, 6) is 0.211. The van der Waals surface area contributed by atoms with Gasteiger partial charge in [-0.3, -0.25) is 4.98 Å². The molecule has 6 nitrogen and oxygen atoms in total. The first-order chi connectivity index (χ1) is 11.9. The first-order valence-corrected chi connectivity index (χ1v) is 8.39. The minimum absolute atomic E-state index is 0.501. The molecule has 0 spiro atoms. The molecular weight excluding hydrogens is 386 g/mol. The summed E-state index contributed by atoms with van der Waals surface area (Å²) in [6.45, 7) is 1.49. The number of carboxylic acid groups (broad SMARTS) is 1. The number of hydrogen-bond acceptors (Lipinski definition) is 5. The summed E-state index contributed by atoms with van der Waals surface area (Å²) in [4.78, 5) is 21.8. The van der Waals surface area contributed by atoms with Crippen LogP contribution < -0.4 is 9.64 Å². The van der Waals surface area contributed by atoms with Crippen molar-refractivity contribution in [3.63, 3.8) is 0 Å². The molecule has 0 saturated heterocycles. The molecule has 2 aromatic carbocycles. The molecule has 1 aromatic heterocycles. The Labute approximate surface area is 153 Å². The number of aliphatic carboxylic acids is 1. The quantitative estimate of drug-likeness (QED) is 0.695. The van der Waals surface area contributed by atoms with E-state index in [4.69, 9.17) is 9.84 Å². The zero-order chi connectivity index (χ0) is 18.0. The van der Waals surface area contributed by atoms with Gasteiger partial charge in [0.15, 0.2) is 11.9 Å². The molecule has 128 valence electrons. The van der Waals surface area contributed by atoms with Crippen LogP contribution in [0.1, 0.15) is 6.92 Å². The molecule has 0 saturated carbocycles. The number of aromatic nitrogens is 2. The van der Waals surface area contributed by atoms with Gasteiger partial charge in [0, 0.05) is 17.2 Å². The lowest BCUT2D eigenvalue weighted by atomic mass is 10.2. The fourth-order valence-corrected chi connectivity index (χ4v) is 2.62. The van der Waals surface area contributed by atoms with E-state index in [2.05, 4.69) is 25.9 Å². The number of nitrogens with zero attached hydrogens (tertiary/aromatic N) is 3. The average molecular weight is 402 g/mol. The van der Waals surface area contributed by atoms with Gasteiger partial charge >= 0.3 is 5.97 Å². The predicted octanol–water partition coefficient (Wildman–Crippen LogP) is 4.01. The van der Waals surface area contributed by atoms with Crippen LogP contribution in [0, 0.1) is 0 Å². The molecule has 3 aromatic rings. The zero-order valence-corrected chi connectivity index (χ0v) is 15.3. The van der Waals surface area contributed by atoms with Crippen molar-refractivity contribution < 1.29 is 14.6 Å². The molecule has 0 aliphatic rings. The van der Waals surface area contributed by atoms with Crippen molar-refractivity contribution in [3.05, 3.63) is 53.1 Å². The minimum Gasteiger partial charge on any atom is -0.479 e. The maximum atomic E-state index is 10.8. The van der Waals surface area contributed by atoms with Crippen LogP contribution in [0.15, 0.2) is 53.1 Å². The second-order valence-electron chi connectivity index (χ2n) is 5.51. The van der Waals surface area contributed by atoms with Crippen molar-refractivity contribution in [2.24, 2.45) is 0 Å². The number of carboxylic acids is 1. The van der Waals surface area contributed by atoms with Gasteiger partial charge in [0.05, 0.1) is 17.2 Å². The van der Waals surface area contributed by atoms with Gasteiger partial charge in [-0.15, -0.1) is 0 Å². The maximum Gasteiger partial charge on any atom is 0.344 e. The van der Waals surface area contributed by atoms with E-state index < -0.39 is 12.1 Å². The van der Waals surface area contributed by atoms with Crippen LogP contribution in [0.2, 0.25) is 0 Å². The number of carbonyl (C=O) groups is 1. The molecule has 25 heavy (non-hydrogen) atoms. The Morgan fingerprint density at radius 2 is 1.92 bits per heavy atom. The van der Waals surface area contributed by atoms with Crippen LogP contribution in [0.25, 0.3) is 11.0 Å². The lowest BCUT2D eigenvalue weighted by molar-refractivity contribution is -0.144. The topological polar surface area (TPSA) is 75.5 Å². The molecule has 0 amide bonds. The van der Waals surface area contributed by atoms with Crippen molar-refractivity contribution in [2.75, 3.05) is 11.9 Å². The zero-order valence-electron chi connectivity index (χ0n) is 13.7. The lowest BCUT2D eigenvalue weighted by Gasteiger charge is -2.19. The van der Waals surface area contributed by atoms with Gasteiger partial charge in [0.2, 0.25) is 0 Å². The highest BCUT2D eigenvalue weighted by molar-refractivity contribution is 9.10. The molecule has 0 fully saturated rings. The Morgan fingerprint density at radius 1 is 1.20 bits per heavy atom. The molecular formula is C18H16BrN3O3. The molecule has 0 radical (unpaired) electrons. The fraction of sp³-hybridized carbons (Fsp3) is 0.167. The molecule has 1 N–H and O–H groups in total. The van der Waals surface area contributed by atoms with Gasteiger partial charge in [-0.25, -0.2) is 9.78 Å². The van der Waals surface area contributed by atoms with E-state index in [1.165, 1.54) is 6.92 Å². The number of hydrogen-bond donors (Lipinski definition) is 1. The number of anilines is 2. The maximum absolute atomic E-state index is 10.8. The standard InChI is InChI=1S/C18H16BrN3O3/c1-11(18(23)24)25-14-6-4-13(5-7-14)22(2)17-10-20-16-9-12(19)3-8-15(16)21-17/h3-11H,1-2H3,(H,23,24). The van der Waals surface area contributed by atoms with Crippen LogP contribution in [0.3, 0.4) is 0 Å². The van der Waals surface area contributed by atoms with E-state index in [-0.39, 0.29) is 0 Å². The van der Waals surface area contributed by atoms with Crippen LogP contribution in [0.5, 0.6) is 5.75 Å². The second kappa shape index (κ2) is 7.06. The smallest absolute Gasteiger partial charge is 0.344 e. The van der Waals surface area contributed by atoms with Crippen molar-refractivity contribution in [1.82, 2.24) is 9.97 Å². The molecule has 0 aliphatic carbocycles. The molecule has 3 rings (SSSR count). The molecule has 7 heteroatoms. The van der Waals surface area contributed by atoms with Gasteiger partial charge in [-0.1, -0.05) is 15.9 Å². The Kier molecular flexibility index (Phi) is 4.85. The van der Waals surface area contributed by atoms with Gasteiger partial charge in [0.1, 0.15) is 5.75 Å². The number of rotatable bonds is 5. The third-order valence-electron chi connectivity index (χ3n) is 3.72. The monoisotopic (exact) mass is 401 g/mol. The Bertz CT molecular complexity index is 915. The Balaban J connectivity index is 1.81. The molecule has 0 aliphatic heterocycles. The van der Waals surface area contributed by atoms with Gasteiger partial charge in [-0.2, -0.15) is 0 Å². The molecule has 1 heterocycles. The second-order valence-corrected chi connectivity index (χ2v) is 6.43. The van der Waals surface area contributed by atoms with Crippen molar-refractivity contribution in [2.45, 2.75) is 13.0 Å². The fourth-order valence-electron chi connectivity index (χ4n) is 2.27. The SMILES string of the molecule is CC(Oc1ccc(N(C)c2cnc3cc(Br)ccc3n2)cc1)C(=O)O. The van der Waals surface area contributed by atoms with Crippen molar-refractivity contribution >= 4 is 44.4 Å². The van der Waals surface area contributed by atoms with E-state index in [0.717, 1.165) is 21.2 Å². The number of halogens is 1. The Hall–Kier alpha value is -2.67. The largest absolute Gasteiger partial charge is 0.479 e. The van der Waals surface area contributed by atoms with Gasteiger partial charge < -0.3 is 14.7 Å². The van der Waals surface area contributed by atoms with Gasteiger partial charge in [-0.05, 0) is 49.4 Å². The summed E-state index contributed by atoms with van der Waals surface area (Å²) >= 11 is 3.42. The highest BCUT2D eigenvalue weighted by atomic mass is 79.9. The number of ether oxygens (including phenoxy) is 1. The lowest BCUT2D eigenvalue weighted by Crippen LogP contribution is -2.22. The van der Waals surface area contributed by atoms with E-state index in [0.29, 0.717) is 11.6 Å². The van der Waals surface area contributed by atoms with Crippen LogP contribution in [-0.2, 0) is 4.79 Å². The third kappa shape index (κ3) is 3.88. The first kappa shape index (κ1) is 17.2. The minimum atomic E-state index is -1.00.